The van der Waals surface area contributed by atoms with Crippen LogP contribution in [0, 0.1) is 0 Å². The largest absolute Gasteiger partial charge is 0.756 e. The number of nitrogens with zero attached hydrogens (tertiary/aromatic N) is 1. The number of likely N-dealkylation sites (N-methyl/N-ethyl adjacent to an activating group) is 1. The van der Waals surface area contributed by atoms with E-state index in [4.69, 9.17) is 18.5 Å². The van der Waals surface area contributed by atoms with Crippen molar-refractivity contribution in [1.29, 1.82) is 0 Å². The lowest BCUT2D eigenvalue weighted by Gasteiger charge is -2.28. The van der Waals surface area contributed by atoms with E-state index in [2.05, 4.69) is 38.2 Å². The molecule has 10 heteroatoms. The summed E-state index contributed by atoms with van der Waals surface area (Å²) in [5, 5.41) is 0. The standard InChI is InChI=1S/C63H122NO8P/c1-6-8-10-12-14-16-18-19-20-21-22-23-24-25-26-27-28-29-30-31-32-33-34-35-36-37-38-39-40-41-42-43-44-45-46-48-50-52-54-56-63(66)72-61(60-71-73(67,68)70-58-57-64(3,4)5)59-69-62(65)55-53-51-49-47-17-15-13-11-9-7-2/h18-19,21-22,61H,6-17,20,23-60H2,1-5H3/b19-18-,22-21-. The van der Waals surface area contributed by atoms with Crippen LogP contribution in [-0.4, -0.2) is 70.0 Å². The SMILES string of the molecule is CCCCCCC/C=C\C/C=C\CCCCCCCCCCCCCCCCCCCCCCCCCCCCCC(=O)OC(COC(=O)CCCCCCCCCCCC)COP(=O)([O-])OCC[N+](C)(C)C. The molecule has 73 heavy (non-hydrogen) atoms. The minimum Gasteiger partial charge on any atom is -0.756 e. The molecule has 0 aliphatic heterocycles. The maximum Gasteiger partial charge on any atom is 0.306 e. The molecule has 0 aliphatic rings. The highest BCUT2D eigenvalue weighted by Crippen LogP contribution is 2.38. The van der Waals surface area contributed by atoms with Gasteiger partial charge in [-0.25, -0.2) is 0 Å². The molecule has 0 fully saturated rings. The Hall–Kier alpha value is -1.51. The molecule has 0 bridgehead atoms. The number of unbranched alkanes of at least 4 members (excludes halogenated alkanes) is 41. The molecule has 0 aliphatic carbocycles. The van der Waals surface area contributed by atoms with Gasteiger partial charge in [0, 0.05) is 12.8 Å². The Morgan fingerprint density at radius 1 is 0.425 bits per heavy atom. The van der Waals surface area contributed by atoms with Gasteiger partial charge in [0.25, 0.3) is 7.82 Å². The summed E-state index contributed by atoms with van der Waals surface area (Å²) in [7, 11) is 1.18. The Balaban J connectivity index is 3.80. The number of phosphoric ester groups is 1. The molecule has 0 spiro atoms. The Morgan fingerprint density at radius 2 is 0.740 bits per heavy atom. The third-order valence-electron chi connectivity index (χ3n) is 14.2. The van der Waals surface area contributed by atoms with Gasteiger partial charge in [0.05, 0.1) is 27.7 Å². The third kappa shape index (κ3) is 59.6. The zero-order chi connectivity index (χ0) is 53.5. The summed E-state index contributed by atoms with van der Waals surface area (Å²) in [4.78, 5) is 37.7. The van der Waals surface area contributed by atoms with Crippen molar-refractivity contribution in [3.63, 3.8) is 0 Å². The van der Waals surface area contributed by atoms with E-state index in [0.29, 0.717) is 17.4 Å². The molecule has 0 heterocycles. The molecule has 9 nitrogen and oxygen atoms in total. The Bertz CT molecular complexity index is 1280. The van der Waals surface area contributed by atoms with E-state index < -0.39 is 26.5 Å². The second-order valence-electron chi connectivity index (χ2n) is 22.8. The molecule has 0 radical (unpaired) electrons. The average molecular weight is 1050 g/mol. The summed E-state index contributed by atoms with van der Waals surface area (Å²) in [5.41, 5.74) is 0. The van der Waals surface area contributed by atoms with Crippen molar-refractivity contribution < 1.29 is 42.1 Å². The van der Waals surface area contributed by atoms with Crippen molar-refractivity contribution in [1.82, 2.24) is 0 Å². The van der Waals surface area contributed by atoms with Crippen molar-refractivity contribution in [2.45, 2.75) is 322 Å². The van der Waals surface area contributed by atoms with Gasteiger partial charge in [-0.1, -0.05) is 282 Å². The van der Waals surface area contributed by atoms with E-state index in [0.717, 1.165) is 38.5 Å². The van der Waals surface area contributed by atoms with Crippen LogP contribution in [0.3, 0.4) is 0 Å². The van der Waals surface area contributed by atoms with E-state index in [1.54, 1.807) is 0 Å². The predicted molar refractivity (Wildman–Crippen MR) is 310 cm³/mol. The third-order valence-corrected chi connectivity index (χ3v) is 15.2. The van der Waals surface area contributed by atoms with Crippen LogP contribution >= 0.6 is 7.82 Å². The lowest BCUT2D eigenvalue weighted by molar-refractivity contribution is -0.870. The molecule has 2 atom stereocenters. The molecule has 0 aromatic carbocycles. The lowest BCUT2D eigenvalue weighted by atomic mass is 10.0. The van der Waals surface area contributed by atoms with Gasteiger partial charge in [0.1, 0.15) is 19.8 Å². The molecule has 0 amide bonds. The van der Waals surface area contributed by atoms with Crippen molar-refractivity contribution >= 4 is 19.8 Å². The minimum absolute atomic E-state index is 0.0267. The number of allylic oxidation sites excluding steroid dienone is 4. The molecule has 0 N–H and O–H groups in total. The molecular formula is C63H122NO8P. The Labute approximate surface area is 453 Å². The molecule has 0 aromatic heterocycles. The van der Waals surface area contributed by atoms with Crippen LogP contribution in [0.4, 0.5) is 0 Å². The number of esters is 2. The van der Waals surface area contributed by atoms with Gasteiger partial charge in [-0.15, -0.1) is 0 Å². The zero-order valence-corrected chi connectivity index (χ0v) is 50.0. The quantitative estimate of drug-likeness (QED) is 0.0195. The summed E-state index contributed by atoms with van der Waals surface area (Å²) >= 11 is 0. The van der Waals surface area contributed by atoms with Gasteiger partial charge in [-0.2, -0.15) is 0 Å². The van der Waals surface area contributed by atoms with Gasteiger partial charge in [-0.3, -0.25) is 14.2 Å². The van der Waals surface area contributed by atoms with Gasteiger partial charge >= 0.3 is 11.9 Å². The normalized spacial score (nSPS) is 13.3. The number of hydrogen-bond acceptors (Lipinski definition) is 8. The van der Waals surface area contributed by atoms with Crippen LogP contribution in [0.15, 0.2) is 24.3 Å². The first-order valence-corrected chi connectivity index (χ1v) is 33.0. The van der Waals surface area contributed by atoms with E-state index in [1.807, 2.05) is 21.1 Å². The highest BCUT2D eigenvalue weighted by molar-refractivity contribution is 7.45. The molecule has 2 unspecified atom stereocenters. The fraction of sp³-hybridized carbons (Fsp3) is 0.905. The Kier molecular flexibility index (Phi) is 54.1. The van der Waals surface area contributed by atoms with Gasteiger partial charge in [-0.05, 0) is 44.9 Å². The van der Waals surface area contributed by atoms with E-state index in [1.165, 1.54) is 244 Å². The van der Waals surface area contributed by atoms with Gasteiger partial charge < -0.3 is 27.9 Å². The van der Waals surface area contributed by atoms with Crippen LogP contribution in [-0.2, 0) is 32.7 Å². The summed E-state index contributed by atoms with van der Waals surface area (Å²) in [6.45, 7) is 4.25. The smallest absolute Gasteiger partial charge is 0.306 e. The topological polar surface area (TPSA) is 111 Å². The number of ether oxygens (including phenoxy) is 2. The van der Waals surface area contributed by atoms with Crippen LogP contribution < -0.4 is 4.89 Å². The molecule has 0 saturated carbocycles. The fourth-order valence-electron chi connectivity index (χ4n) is 9.34. The number of phosphoric acid groups is 1. The van der Waals surface area contributed by atoms with Crippen molar-refractivity contribution in [3.05, 3.63) is 24.3 Å². The molecule has 432 valence electrons. The number of carbonyl (C=O) groups is 2. The summed E-state index contributed by atoms with van der Waals surface area (Å²) in [6.07, 6.45) is 67.1. The molecule has 0 aromatic rings. The number of rotatable bonds is 59. The minimum atomic E-state index is -4.62. The molecule has 0 saturated heterocycles. The second-order valence-corrected chi connectivity index (χ2v) is 24.2. The van der Waals surface area contributed by atoms with Crippen LogP contribution in [0.25, 0.3) is 0 Å². The maximum atomic E-state index is 12.8. The fourth-order valence-corrected chi connectivity index (χ4v) is 10.1. The first-order chi connectivity index (χ1) is 35.5. The summed E-state index contributed by atoms with van der Waals surface area (Å²) in [6, 6.07) is 0. The van der Waals surface area contributed by atoms with Crippen molar-refractivity contribution in [3.8, 4) is 0 Å². The van der Waals surface area contributed by atoms with Crippen LogP contribution in [0.2, 0.25) is 0 Å². The summed E-state index contributed by atoms with van der Waals surface area (Å²) in [5.74, 6) is -0.818. The van der Waals surface area contributed by atoms with E-state index in [-0.39, 0.29) is 32.0 Å². The number of hydrogen-bond donors (Lipinski definition) is 0. The monoisotopic (exact) mass is 1050 g/mol. The highest BCUT2D eigenvalue weighted by Gasteiger charge is 2.22. The van der Waals surface area contributed by atoms with E-state index >= 15 is 0 Å². The van der Waals surface area contributed by atoms with Crippen molar-refractivity contribution in [2.75, 3.05) is 47.5 Å². The van der Waals surface area contributed by atoms with Crippen LogP contribution in [0.1, 0.15) is 316 Å². The van der Waals surface area contributed by atoms with Gasteiger partial charge in [0.2, 0.25) is 0 Å². The maximum absolute atomic E-state index is 12.8. The van der Waals surface area contributed by atoms with E-state index in [9.17, 15) is 19.0 Å². The second kappa shape index (κ2) is 55.3. The summed E-state index contributed by atoms with van der Waals surface area (Å²) < 4.78 is 34.1. The zero-order valence-electron chi connectivity index (χ0n) is 49.1. The lowest BCUT2D eigenvalue weighted by Crippen LogP contribution is -2.37. The first-order valence-electron chi connectivity index (χ1n) is 31.5. The molecular weight excluding hydrogens is 930 g/mol. The first kappa shape index (κ1) is 71.5. The van der Waals surface area contributed by atoms with Crippen molar-refractivity contribution in [2.24, 2.45) is 0 Å². The Morgan fingerprint density at radius 3 is 1.08 bits per heavy atom. The number of quaternary nitrogens is 1. The average Bonchev–Trinajstić information content (AvgIpc) is 3.35. The predicted octanol–water partition coefficient (Wildman–Crippen LogP) is 19.1. The number of carbonyl (C=O) groups excluding carboxylic acids is 2. The van der Waals surface area contributed by atoms with Crippen LogP contribution in [0.5, 0.6) is 0 Å². The molecule has 0 rings (SSSR count). The van der Waals surface area contributed by atoms with Gasteiger partial charge in [0.15, 0.2) is 6.10 Å². The highest BCUT2D eigenvalue weighted by atomic mass is 31.2.